The van der Waals surface area contributed by atoms with Gasteiger partial charge in [-0.2, -0.15) is 0 Å². The largest absolute Gasteiger partial charge is 0.334 e. The van der Waals surface area contributed by atoms with Crippen LogP contribution in [0.4, 0.5) is 0 Å². The molecule has 1 fully saturated rings. The molecule has 2 aromatic rings. The van der Waals surface area contributed by atoms with Crippen molar-refractivity contribution >= 4 is 27.5 Å². The normalized spacial score (nSPS) is 18.9. The number of aryl methyl sites for hydroxylation is 1. The third kappa shape index (κ3) is 2.67. The highest BCUT2D eigenvalue weighted by molar-refractivity contribution is 9.10. The number of halogens is 1. The first-order chi connectivity index (χ1) is 10.7. The van der Waals surface area contributed by atoms with E-state index >= 15 is 0 Å². The van der Waals surface area contributed by atoms with Gasteiger partial charge in [0.1, 0.15) is 11.3 Å². The molecule has 1 unspecified atom stereocenters. The van der Waals surface area contributed by atoms with Crippen LogP contribution < -0.4 is 0 Å². The van der Waals surface area contributed by atoms with Crippen molar-refractivity contribution in [3.8, 4) is 0 Å². The van der Waals surface area contributed by atoms with Crippen LogP contribution in [0.15, 0.2) is 22.8 Å². The molecule has 4 nitrogen and oxygen atoms in total. The van der Waals surface area contributed by atoms with Gasteiger partial charge in [-0.25, -0.2) is 4.98 Å². The zero-order chi connectivity index (χ0) is 15.7. The van der Waals surface area contributed by atoms with E-state index in [1.54, 1.807) is 0 Å². The van der Waals surface area contributed by atoms with Crippen LogP contribution in [-0.4, -0.2) is 32.8 Å². The number of nitrogens with zero attached hydrogens (tertiary/aromatic N) is 3. The number of carbonyl (C=O) groups excluding carboxylic acids is 1. The molecule has 22 heavy (non-hydrogen) atoms. The number of pyridine rings is 1. The fourth-order valence-corrected chi connectivity index (χ4v) is 3.71. The van der Waals surface area contributed by atoms with Gasteiger partial charge in [-0.05, 0) is 60.2 Å². The fourth-order valence-electron chi connectivity index (χ4n) is 3.37. The van der Waals surface area contributed by atoms with Crippen LogP contribution in [0.3, 0.4) is 0 Å². The Labute approximate surface area is 139 Å². The van der Waals surface area contributed by atoms with E-state index in [-0.39, 0.29) is 5.91 Å². The van der Waals surface area contributed by atoms with E-state index in [2.05, 4.69) is 39.7 Å². The summed E-state index contributed by atoms with van der Waals surface area (Å²) in [6.45, 7) is 5.09. The minimum absolute atomic E-state index is 0.133. The smallest absolute Gasteiger partial charge is 0.273 e. The van der Waals surface area contributed by atoms with E-state index in [1.807, 2.05) is 22.7 Å². The summed E-state index contributed by atoms with van der Waals surface area (Å²) in [5.74, 6) is 0.133. The highest BCUT2D eigenvalue weighted by Gasteiger charge is 2.29. The number of rotatable bonds is 3. The summed E-state index contributed by atoms with van der Waals surface area (Å²) in [6.07, 6.45) is 7.17. The molecule has 0 radical (unpaired) electrons. The summed E-state index contributed by atoms with van der Waals surface area (Å²) in [6, 6.07) is 4.28. The Kier molecular flexibility index (Phi) is 4.52. The summed E-state index contributed by atoms with van der Waals surface area (Å²) >= 11 is 3.49. The molecule has 1 aliphatic heterocycles. The monoisotopic (exact) mass is 363 g/mol. The van der Waals surface area contributed by atoms with E-state index < -0.39 is 0 Å². The van der Waals surface area contributed by atoms with Crippen LogP contribution in [0.1, 0.15) is 55.7 Å². The Balaban J connectivity index is 2.07. The molecule has 0 bridgehead atoms. The van der Waals surface area contributed by atoms with Crippen LogP contribution in [0.5, 0.6) is 0 Å². The number of hydrogen-bond donors (Lipinski definition) is 0. The molecule has 0 aromatic carbocycles. The lowest BCUT2D eigenvalue weighted by Crippen LogP contribution is -2.44. The van der Waals surface area contributed by atoms with Gasteiger partial charge in [-0.1, -0.05) is 13.8 Å². The Morgan fingerprint density at radius 1 is 1.36 bits per heavy atom. The molecule has 5 heteroatoms. The highest BCUT2D eigenvalue weighted by Crippen LogP contribution is 2.25. The van der Waals surface area contributed by atoms with Crippen molar-refractivity contribution in [1.82, 2.24) is 14.3 Å². The molecule has 118 valence electrons. The van der Waals surface area contributed by atoms with E-state index in [4.69, 9.17) is 0 Å². The van der Waals surface area contributed by atoms with Crippen LogP contribution in [0.25, 0.3) is 5.65 Å². The first-order valence-corrected chi connectivity index (χ1v) is 8.92. The molecule has 0 spiro atoms. The Morgan fingerprint density at radius 2 is 2.18 bits per heavy atom. The molecule has 2 aromatic heterocycles. The zero-order valence-electron chi connectivity index (χ0n) is 13.2. The Hall–Kier alpha value is -1.36. The van der Waals surface area contributed by atoms with Crippen LogP contribution in [0, 0.1) is 0 Å². The Morgan fingerprint density at radius 3 is 2.91 bits per heavy atom. The number of amides is 1. The van der Waals surface area contributed by atoms with Crippen molar-refractivity contribution in [3.63, 3.8) is 0 Å². The van der Waals surface area contributed by atoms with Crippen molar-refractivity contribution in [2.24, 2.45) is 0 Å². The van der Waals surface area contributed by atoms with Crippen molar-refractivity contribution in [2.75, 3.05) is 6.54 Å². The molecule has 3 heterocycles. The van der Waals surface area contributed by atoms with Gasteiger partial charge >= 0.3 is 0 Å². The highest BCUT2D eigenvalue weighted by atomic mass is 79.9. The topological polar surface area (TPSA) is 37.6 Å². The lowest BCUT2D eigenvalue weighted by atomic mass is 9.99. The molecule has 0 aliphatic carbocycles. The summed E-state index contributed by atoms with van der Waals surface area (Å²) in [7, 11) is 0. The van der Waals surface area contributed by atoms with Gasteiger partial charge in [-0.3, -0.25) is 9.20 Å². The average Bonchev–Trinajstić information content (AvgIpc) is 2.91. The van der Waals surface area contributed by atoms with Crippen LogP contribution >= 0.6 is 15.9 Å². The van der Waals surface area contributed by atoms with Gasteiger partial charge in [-0.15, -0.1) is 0 Å². The van der Waals surface area contributed by atoms with E-state index in [9.17, 15) is 4.79 Å². The summed E-state index contributed by atoms with van der Waals surface area (Å²) in [5, 5.41) is 0. The number of piperidine rings is 1. The lowest BCUT2D eigenvalue weighted by molar-refractivity contribution is 0.0599. The predicted molar refractivity (Wildman–Crippen MR) is 91.2 cm³/mol. The second-order valence-electron chi connectivity index (χ2n) is 5.89. The zero-order valence-corrected chi connectivity index (χ0v) is 14.8. The summed E-state index contributed by atoms with van der Waals surface area (Å²) < 4.78 is 2.90. The minimum Gasteiger partial charge on any atom is -0.334 e. The maximum atomic E-state index is 13.2. The minimum atomic E-state index is 0.133. The van der Waals surface area contributed by atoms with Crippen LogP contribution in [-0.2, 0) is 6.42 Å². The number of imidazole rings is 1. The molecule has 1 atom stereocenters. The third-order valence-electron chi connectivity index (χ3n) is 4.55. The van der Waals surface area contributed by atoms with Crippen LogP contribution in [0.2, 0.25) is 0 Å². The van der Waals surface area contributed by atoms with Crippen molar-refractivity contribution in [3.05, 3.63) is 34.2 Å². The van der Waals surface area contributed by atoms with Gasteiger partial charge in [0.25, 0.3) is 5.91 Å². The first kappa shape index (κ1) is 15.5. The van der Waals surface area contributed by atoms with Gasteiger partial charge in [0.15, 0.2) is 0 Å². The Bertz CT molecular complexity index is 695. The number of fused-ring (bicyclic) bond motifs is 1. The van der Waals surface area contributed by atoms with Gasteiger partial charge in [0.05, 0.1) is 5.69 Å². The fraction of sp³-hybridized carbons (Fsp3) is 0.529. The molecule has 1 aliphatic rings. The van der Waals surface area contributed by atoms with E-state index in [1.165, 1.54) is 6.42 Å². The summed E-state index contributed by atoms with van der Waals surface area (Å²) in [5.41, 5.74) is 2.47. The molecule has 0 N–H and O–H groups in total. The van der Waals surface area contributed by atoms with Gasteiger partial charge in [0.2, 0.25) is 0 Å². The lowest BCUT2D eigenvalue weighted by Gasteiger charge is -2.35. The average molecular weight is 364 g/mol. The predicted octanol–water partition coefficient (Wildman–Crippen LogP) is 4.06. The molecule has 0 saturated carbocycles. The van der Waals surface area contributed by atoms with Crippen molar-refractivity contribution < 1.29 is 4.79 Å². The maximum Gasteiger partial charge on any atom is 0.273 e. The van der Waals surface area contributed by atoms with Gasteiger partial charge < -0.3 is 4.90 Å². The number of aromatic nitrogens is 2. The second kappa shape index (κ2) is 6.41. The molecular weight excluding hydrogens is 342 g/mol. The molecule has 3 rings (SSSR count). The molecule has 1 amide bonds. The first-order valence-electron chi connectivity index (χ1n) is 8.13. The standard InChI is InChI=1S/C17H22BrN3O/c1-3-13-7-5-6-10-20(13)17(22)16-14(4-2)19-15-9-8-12(18)11-21(15)16/h8-9,11,13H,3-7,10H2,1-2H3. The van der Waals surface area contributed by atoms with Crippen molar-refractivity contribution in [1.29, 1.82) is 0 Å². The number of carbonyl (C=O) groups is 1. The van der Waals surface area contributed by atoms with E-state index in [0.29, 0.717) is 6.04 Å². The SMILES string of the molecule is CCc1nc2ccc(Br)cn2c1C(=O)N1CCCCC1CC. The third-order valence-corrected chi connectivity index (χ3v) is 5.02. The molecule has 1 saturated heterocycles. The second-order valence-corrected chi connectivity index (χ2v) is 6.81. The van der Waals surface area contributed by atoms with Crippen molar-refractivity contribution in [2.45, 2.75) is 52.0 Å². The van der Waals surface area contributed by atoms with Gasteiger partial charge in [0, 0.05) is 23.3 Å². The number of hydrogen-bond acceptors (Lipinski definition) is 2. The summed E-state index contributed by atoms with van der Waals surface area (Å²) in [4.78, 5) is 19.9. The van der Waals surface area contributed by atoms with E-state index in [0.717, 1.165) is 53.7 Å². The molecular formula is C17H22BrN3O. The quantitative estimate of drug-likeness (QED) is 0.824. The number of likely N-dealkylation sites (tertiary alicyclic amines) is 1. The maximum absolute atomic E-state index is 13.2.